The first-order valence-corrected chi connectivity index (χ1v) is 7.84. The van der Waals surface area contributed by atoms with E-state index < -0.39 is 5.38 Å². The Morgan fingerprint density at radius 1 is 1.43 bits per heavy atom. The van der Waals surface area contributed by atoms with Crippen LogP contribution in [0.3, 0.4) is 0 Å². The molecule has 2 unspecified atom stereocenters. The Morgan fingerprint density at radius 2 is 2.14 bits per heavy atom. The van der Waals surface area contributed by atoms with Crippen LogP contribution in [0.1, 0.15) is 36.3 Å². The van der Waals surface area contributed by atoms with E-state index in [1.54, 1.807) is 7.11 Å². The average Bonchev–Trinajstić information content (AvgIpc) is 3.12. The highest BCUT2D eigenvalue weighted by Gasteiger charge is 2.30. The lowest BCUT2D eigenvalue weighted by atomic mass is 10.0. The molecular formula is C16H20ClNO3. The molecule has 1 aromatic carbocycles. The first-order valence-electron chi connectivity index (χ1n) is 7.40. The molecule has 2 heterocycles. The van der Waals surface area contributed by atoms with Crippen molar-refractivity contribution in [1.82, 2.24) is 4.90 Å². The van der Waals surface area contributed by atoms with Gasteiger partial charge in [-0.15, -0.1) is 11.6 Å². The lowest BCUT2D eigenvalue weighted by Crippen LogP contribution is -2.30. The smallest absolute Gasteiger partial charge is 0.245 e. The van der Waals surface area contributed by atoms with Gasteiger partial charge in [-0.2, -0.15) is 0 Å². The average molecular weight is 310 g/mol. The highest BCUT2D eigenvalue weighted by molar-refractivity contribution is 6.31. The number of hydrogen-bond donors (Lipinski definition) is 0. The van der Waals surface area contributed by atoms with Crippen LogP contribution in [0.25, 0.3) is 0 Å². The molecule has 0 N–H and O–H groups in total. The maximum absolute atomic E-state index is 12.5. The minimum absolute atomic E-state index is 0.0431. The molecule has 2 aliphatic rings. The standard InChI is InChI=1S/C16H20ClNO3/c1-10-7-11-8-14(20-2)12(9-13(11)21-10)15(17)16(19)18-5-3-4-6-18/h8-10,15H,3-7H2,1-2H3. The van der Waals surface area contributed by atoms with Gasteiger partial charge in [0.1, 0.15) is 23.0 Å². The van der Waals surface area contributed by atoms with Gasteiger partial charge in [0.05, 0.1) is 7.11 Å². The number of carbonyl (C=O) groups excluding carboxylic acids is 1. The molecule has 4 nitrogen and oxygen atoms in total. The fraction of sp³-hybridized carbons (Fsp3) is 0.562. The molecule has 1 aromatic rings. The molecule has 0 aromatic heterocycles. The van der Waals surface area contributed by atoms with Gasteiger partial charge in [-0.25, -0.2) is 0 Å². The lowest BCUT2D eigenvalue weighted by Gasteiger charge is -2.21. The fourth-order valence-corrected chi connectivity index (χ4v) is 3.37. The Bertz CT molecular complexity index is 555. The van der Waals surface area contributed by atoms with Crippen molar-refractivity contribution in [2.45, 2.75) is 37.7 Å². The summed E-state index contributed by atoms with van der Waals surface area (Å²) in [7, 11) is 1.61. The van der Waals surface area contributed by atoms with Gasteiger partial charge in [-0.1, -0.05) is 0 Å². The van der Waals surface area contributed by atoms with Crippen molar-refractivity contribution in [3.8, 4) is 11.5 Å². The summed E-state index contributed by atoms with van der Waals surface area (Å²) in [5.41, 5.74) is 1.81. The van der Waals surface area contributed by atoms with E-state index in [0.29, 0.717) is 11.3 Å². The first-order chi connectivity index (χ1) is 10.1. The summed E-state index contributed by atoms with van der Waals surface area (Å²) >= 11 is 6.43. The molecule has 21 heavy (non-hydrogen) atoms. The summed E-state index contributed by atoms with van der Waals surface area (Å²) in [5.74, 6) is 1.44. The fourth-order valence-electron chi connectivity index (χ4n) is 3.06. The van der Waals surface area contributed by atoms with Gasteiger partial charge in [0.25, 0.3) is 0 Å². The van der Waals surface area contributed by atoms with Gasteiger partial charge >= 0.3 is 0 Å². The summed E-state index contributed by atoms with van der Waals surface area (Å²) in [6, 6.07) is 3.81. The third-order valence-electron chi connectivity index (χ3n) is 4.16. The van der Waals surface area contributed by atoms with E-state index in [0.717, 1.165) is 43.7 Å². The van der Waals surface area contributed by atoms with Gasteiger partial charge in [0.15, 0.2) is 0 Å². The van der Waals surface area contributed by atoms with Crippen molar-refractivity contribution >= 4 is 17.5 Å². The number of likely N-dealkylation sites (tertiary alicyclic amines) is 1. The molecule has 3 rings (SSSR count). The largest absolute Gasteiger partial charge is 0.496 e. The molecule has 2 aliphatic heterocycles. The molecule has 0 bridgehead atoms. The van der Waals surface area contributed by atoms with Crippen molar-refractivity contribution in [2.75, 3.05) is 20.2 Å². The minimum Gasteiger partial charge on any atom is -0.496 e. The van der Waals surface area contributed by atoms with Crippen molar-refractivity contribution in [3.05, 3.63) is 23.3 Å². The van der Waals surface area contributed by atoms with Crippen molar-refractivity contribution in [3.63, 3.8) is 0 Å². The van der Waals surface area contributed by atoms with Gasteiger partial charge in [-0.3, -0.25) is 4.79 Å². The van der Waals surface area contributed by atoms with Crippen LogP contribution < -0.4 is 9.47 Å². The van der Waals surface area contributed by atoms with Crippen LogP contribution in [-0.2, 0) is 11.2 Å². The number of methoxy groups -OCH3 is 1. The van der Waals surface area contributed by atoms with E-state index in [4.69, 9.17) is 21.1 Å². The number of rotatable bonds is 3. The monoisotopic (exact) mass is 309 g/mol. The highest BCUT2D eigenvalue weighted by atomic mass is 35.5. The normalized spacial score (nSPS) is 21.9. The topological polar surface area (TPSA) is 38.8 Å². The second-order valence-electron chi connectivity index (χ2n) is 5.73. The summed E-state index contributed by atoms with van der Waals surface area (Å²) in [4.78, 5) is 14.3. The third kappa shape index (κ3) is 2.69. The molecule has 1 saturated heterocycles. The van der Waals surface area contributed by atoms with Crippen LogP contribution >= 0.6 is 11.6 Å². The number of ether oxygens (including phenoxy) is 2. The van der Waals surface area contributed by atoms with E-state index in [2.05, 4.69) is 0 Å². The van der Waals surface area contributed by atoms with Crippen LogP contribution in [0.2, 0.25) is 0 Å². The second kappa shape index (κ2) is 5.76. The summed E-state index contributed by atoms with van der Waals surface area (Å²) in [6.45, 7) is 3.62. The number of fused-ring (bicyclic) bond motifs is 1. The Labute approximate surface area is 130 Å². The van der Waals surface area contributed by atoms with Crippen LogP contribution in [0.5, 0.6) is 11.5 Å². The highest BCUT2D eigenvalue weighted by Crippen LogP contribution is 2.40. The van der Waals surface area contributed by atoms with Crippen molar-refractivity contribution < 1.29 is 14.3 Å². The molecule has 1 amide bonds. The van der Waals surface area contributed by atoms with Gasteiger partial charge in [0.2, 0.25) is 5.91 Å². The SMILES string of the molecule is COc1cc2c(cc1C(Cl)C(=O)N1CCCC1)OC(C)C2. The Balaban J connectivity index is 1.90. The minimum atomic E-state index is -0.720. The number of alkyl halides is 1. The van der Waals surface area contributed by atoms with E-state index >= 15 is 0 Å². The van der Waals surface area contributed by atoms with Gasteiger partial charge in [-0.05, 0) is 31.9 Å². The molecule has 1 fully saturated rings. The number of nitrogens with zero attached hydrogens (tertiary/aromatic N) is 1. The molecule has 0 aliphatic carbocycles. The number of hydrogen-bond acceptors (Lipinski definition) is 3. The first kappa shape index (κ1) is 14.5. The Kier molecular flexibility index (Phi) is 3.98. The van der Waals surface area contributed by atoms with Gasteiger partial charge in [0, 0.05) is 30.6 Å². The predicted molar refractivity (Wildman–Crippen MR) is 81.2 cm³/mol. The molecule has 114 valence electrons. The summed E-state index contributed by atoms with van der Waals surface area (Å²) < 4.78 is 11.2. The van der Waals surface area contributed by atoms with Crippen LogP contribution in [-0.4, -0.2) is 37.1 Å². The second-order valence-corrected chi connectivity index (χ2v) is 6.17. The number of halogens is 1. The maximum Gasteiger partial charge on any atom is 0.245 e. The van der Waals surface area contributed by atoms with Crippen molar-refractivity contribution in [2.24, 2.45) is 0 Å². The maximum atomic E-state index is 12.5. The predicted octanol–water partition coefficient (Wildman–Crippen LogP) is 2.92. The van der Waals surface area contributed by atoms with Crippen LogP contribution in [0.15, 0.2) is 12.1 Å². The van der Waals surface area contributed by atoms with E-state index in [-0.39, 0.29) is 12.0 Å². The zero-order chi connectivity index (χ0) is 15.0. The van der Waals surface area contributed by atoms with Crippen LogP contribution in [0, 0.1) is 0 Å². The Morgan fingerprint density at radius 3 is 2.81 bits per heavy atom. The van der Waals surface area contributed by atoms with E-state index in [1.807, 2.05) is 24.0 Å². The number of amides is 1. The van der Waals surface area contributed by atoms with Crippen molar-refractivity contribution in [1.29, 1.82) is 0 Å². The lowest BCUT2D eigenvalue weighted by molar-refractivity contribution is -0.129. The third-order valence-corrected chi connectivity index (χ3v) is 4.58. The van der Waals surface area contributed by atoms with E-state index in [1.165, 1.54) is 0 Å². The van der Waals surface area contributed by atoms with Crippen LogP contribution in [0.4, 0.5) is 0 Å². The molecule has 0 radical (unpaired) electrons. The zero-order valence-corrected chi connectivity index (χ0v) is 13.2. The Hall–Kier alpha value is -1.42. The molecule has 5 heteroatoms. The number of carbonyl (C=O) groups is 1. The van der Waals surface area contributed by atoms with Gasteiger partial charge < -0.3 is 14.4 Å². The summed E-state index contributed by atoms with van der Waals surface area (Å²) in [5, 5.41) is -0.720. The molecular weight excluding hydrogens is 290 g/mol. The quantitative estimate of drug-likeness (QED) is 0.806. The molecule has 0 saturated carbocycles. The zero-order valence-electron chi connectivity index (χ0n) is 12.4. The summed E-state index contributed by atoms with van der Waals surface area (Å²) in [6.07, 6.45) is 3.12. The molecule has 2 atom stereocenters. The number of benzene rings is 1. The van der Waals surface area contributed by atoms with E-state index in [9.17, 15) is 4.79 Å². The molecule has 0 spiro atoms.